The standard InChI is InChI=1S/C28H38N4O4/c29-19-7-6-12-24(30)26(34)31-28(17-18-28)27(35)36-32-25(33)20-23-15-13-22(14-16-23)11-5-4-10-21-8-2-1-3-9-21/h1-3,8-9,13-16,24H,4-7,10-12,17-20,29-30H2,(H,31,34)(H,32,33). The Balaban J connectivity index is 1.34. The fourth-order valence-electron chi connectivity index (χ4n) is 4.02. The zero-order valence-corrected chi connectivity index (χ0v) is 20.8. The summed E-state index contributed by atoms with van der Waals surface area (Å²) in [4.78, 5) is 42.0. The molecule has 0 aliphatic heterocycles. The summed E-state index contributed by atoms with van der Waals surface area (Å²) < 4.78 is 0. The molecule has 8 heteroatoms. The van der Waals surface area contributed by atoms with E-state index in [9.17, 15) is 14.4 Å². The molecule has 8 nitrogen and oxygen atoms in total. The quantitative estimate of drug-likeness (QED) is 0.235. The lowest BCUT2D eigenvalue weighted by Gasteiger charge is -2.19. The van der Waals surface area contributed by atoms with E-state index >= 15 is 0 Å². The van der Waals surface area contributed by atoms with Crippen LogP contribution in [0.15, 0.2) is 54.6 Å². The maximum Gasteiger partial charge on any atom is 0.357 e. The summed E-state index contributed by atoms with van der Waals surface area (Å²) in [5.41, 5.74) is 15.9. The van der Waals surface area contributed by atoms with Gasteiger partial charge >= 0.3 is 5.97 Å². The first-order chi connectivity index (χ1) is 17.4. The lowest BCUT2D eigenvalue weighted by atomic mass is 10.0. The predicted octanol–water partition coefficient (Wildman–Crippen LogP) is 2.47. The van der Waals surface area contributed by atoms with Gasteiger partial charge in [-0.1, -0.05) is 61.0 Å². The van der Waals surface area contributed by atoms with Crippen LogP contribution in [0.3, 0.4) is 0 Å². The number of carbonyl (C=O) groups is 3. The molecule has 1 saturated carbocycles. The SMILES string of the molecule is NCCCCC(N)C(=O)NC1(C(=O)ONC(=O)Cc2ccc(CCCCc3ccccc3)cc2)CC1. The van der Waals surface area contributed by atoms with Crippen LogP contribution >= 0.6 is 0 Å². The highest BCUT2D eigenvalue weighted by atomic mass is 16.7. The number of amides is 2. The van der Waals surface area contributed by atoms with Gasteiger partial charge in [0.15, 0.2) is 0 Å². The Morgan fingerprint density at radius 2 is 1.47 bits per heavy atom. The number of benzene rings is 2. The number of rotatable bonds is 14. The highest BCUT2D eigenvalue weighted by Gasteiger charge is 2.53. The van der Waals surface area contributed by atoms with E-state index in [1.807, 2.05) is 30.3 Å². The molecular weight excluding hydrogens is 456 g/mol. The van der Waals surface area contributed by atoms with E-state index in [4.69, 9.17) is 16.3 Å². The van der Waals surface area contributed by atoms with Crippen LogP contribution in [0.1, 0.15) is 61.6 Å². The number of hydrogen-bond acceptors (Lipinski definition) is 6. The van der Waals surface area contributed by atoms with Crippen molar-refractivity contribution in [2.45, 2.75) is 75.8 Å². The molecule has 1 aliphatic carbocycles. The first kappa shape index (κ1) is 27.4. The molecule has 0 spiro atoms. The second-order valence-corrected chi connectivity index (χ2v) is 9.56. The second kappa shape index (κ2) is 13.8. The van der Waals surface area contributed by atoms with Gasteiger partial charge in [-0.15, -0.1) is 0 Å². The van der Waals surface area contributed by atoms with Crippen molar-refractivity contribution in [1.29, 1.82) is 0 Å². The summed E-state index contributed by atoms with van der Waals surface area (Å²) in [5.74, 6) is -1.50. The van der Waals surface area contributed by atoms with Gasteiger partial charge in [0.25, 0.3) is 5.91 Å². The fourth-order valence-corrected chi connectivity index (χ4v) is 4.02. The van der Waals surface area contributed by atoms with Gasteiger partial charge in [0.05, 0.1) is 12.5 Å². The minimum Gasteiger partial charge on any atom is -0.339 e. The van der Waals surface area contributed by atoms with E-state index in [1.54, 1.807) is 0 Å². The monoisotopic (exact) mass is 494 g/mol. The number of carbonyl (C=O) groups excluding carboxylic acids is 3. The van der Waals surface area contributed by atoms with Crippen molar-refractivity contribution < 1.29 is 19.2 Å². The highest BCUT2D eigenvalue weighted by molar-refractivity contribution is 5.93. The van der Waals surface area contributed by atoms with Gasteiger partial charge in [0, 0.05) is 0 Å². The Kier molecular flexibility index (Phi) is 10.5. The van der Waals surface area contributed by atoms with Gasteiger partial charge in [-0.05, 0) is 74.6 Å². The van der Waals surface area contributed by atoms with Crippen molar-refractivity contribution in [2.75, 3.05) is 6.54 Å². The van der Waals surface area contributed by atoms with Crippen LogP contribution in [0.4, 0.5) is 0 Å². The summed E-state index contributed by atoms with van der Waals surface area (Å²) in [5, 5.41) is 2.68. The summed E-state index contributed by atoms with van der Waals surface area (Å²) in [6, 6.07) is 17.7. The molecule has 0 saturated heterocycles. The molecule has 2 aromatic rings. The first-order valence-electron chi connectivity index (χ1n) is 12.8. The van der Waals surface area contributed by atoms with Crippen molar-refractivity contribution in [3.05, 3.63) is 71.3 Å². The summed E-state index contributed by atoms with van der Waals surface area (Å²) >= 11 is 0. The number of unbranched alkanes of at least 4 members (excludes halogenated alkanes) is 2. The van der Waals surface area contributed by atoms with E-state index in [1.165, 1.54) is 11.1 Å². The molecule has 6 N–H and O–H groups in total. The van der Waals surface area contributed by atoms with Gasteiger partial charge < -0.3 is 21.6 Å². The van der Waals surface area contributed by atoms with Crippen LogP contribution in [0.5, 0.6) is 0 Å². The summed E-state index contributed by atoms with van der Waals surface area (Å²) in [6.07, 6.45) is 7.32. The maximum atomic E-state index is 12.5. The van der Waals surface area contributed by atoms with E-state index in [2.05, 4.69) is 35.1 Å². The van der Waals surface area contributed by atoms with Crippen LogP contribution < -0.4 is 22.3 Å². The van der Waals surface area contributed by atoms with Crippen LogP contribution in [0.25, 0.3) is 0 Å². The van der Waals surface area contributed by atoms with Crippen LogP contribution in [0, 0.1) is 0 Å². The van der Waals surface area contributed by atoms with Crippen molar-refractivity contribution >= 4 is 17.8 Å². The Labute approximate surface area is 213 Å². The number of nitrogens with one attached hydrogen (secondary N) is 2. The highest BCUT2D eigenvalue weighted by Crippen LogP contribution is 2.36. The largest absolute Gasteiger partial charge is 0.357 e. The summed E-state index contributed by atoms with van der Waals surface area (Å²) in [7, 11) is 0. The Morgan fingerprint density at radius 3 is 2.08 bits per heavy atom. The zero-order chi connectivity index (χ0) is 25.8. The molecule has 0 bridgehead atoms. The second-order valence-electron chi connectivity index (χ2n) is 9.56. The molecule has 2 amide bonds. The van der Waals surface area contributed by atoms with Crippen molar-refractivity contribution in [3.8, 4) is 0 Å². The lowest BCUT2D eigenvalue weighted by Crippen LogP contribution is -2.51. The van der Waals surface area contributed by atoms with E-state index < -0.39 is 29.4 Å². The van der Waals surface area contributed by atoms with Gasteiger partial charge in [-0.2, -0.15) is 5.48 Å². The van der Waals surface area contributed by atoms with E-state index in [0.717, 1.165) is 44.1 Å². The van der Waals surface area contributed by atoms with Crippen molar-refractivity contribution in [1.82, 2.24) is 10.8 Å². The molecule has 194 valence electrons. The van der Waals surface area contributed by atoms with Gasteiger partial charge in [-0.3, -0.25) is 9.59 Å². The normalized spacial score (nSPS) is 14.5. The third-order valence-electron chi connectivity index (χ3n) is 6.48. The molecular formula is C28H38N4O4. The third kappa shape index (κ3) is 8.77. The fraction of sp³-hybridized carbons (Fsp3) is 0.464. The molecule has 1 aliphatic rings. The molecule has 2 aromatic carbocycles. The molecule has 1 fully saturated rings. The van der Waals surface area contributed by atoms with E-state index in [-0.39, 0.29) is 6.42 Å². The molecule has 0 aromatic heterocycles. The van der Waals surface area contributed by atoms with Crippen molar-refractivity contribution in [3.63, 3.8) is 0 Å². The topological polar surface area (TPSA) is 137 Å². The Hall–Kier alpha value is -3.23. The number of hydrogen-bond donors (Lipinski definition) is 4. The van der Waals surface area contributed by atoms with Crippen LogP contribution in [-0.4, -0.2) is 35.9 Å². The molecule has 0 radical (unpaired) electrons. The molecule has 36 heavy (non-hydrogen) atoms. The Morgan fingerprint density at radius 1 is 0.861 bits per heavy atom. The minimum atomic E-state index is -1.10. The molecule has 3 rings (SSSR count). The maximum absolute atomic E-state index is 12.5. The minimum absolute atomic E-state index is 0.0902. The van der Waals surface area contributed by atoms with Gasteiger partial charge in [-0.25, -0.2) is 4.79 Å². The molecule has 1 unspecified atom stereocenters. The van der Waals surface area contributed by atoms with E-state index in [0.29, 0.717) is 25.8 Å². The van der Waals surface area contributed by atoms with Crippen LogP contribution in [0.2, 0.25) is 0 Å². The smallest absolute Gasteiger partial charge is 0.339 e. The third-order valence-corrected chi connectivity index (χ3v) is 6.48. The Bertz CT molecular complexity index is 990. The number of aryl methyl sites for hydroxylation is 2. The van der Waals surface area contributed by atoms with Gasteiger partial charge in [0.2, 0.25) is 5.91 Å². The first-order valence-corrected chi connectivity index (χ1v) is 12.8. The average molecular weight is 495 g/mol. The zero-order valence-electron chi connectivity index (χ0n) is 20.8. The number of nitrogens with two attached hydrogens (primary N) is 2. The average Bonchev–Trinajstić information content (AvgIpc) is 3.67. The lowest BCUT2D eigenvalue weighted by molar-refractivity contribution is -0.162. The number of hydroxylamine groups is 1. The summed E-state index contributed by atoms with van der Waals surface area (Å²) in [6.45, 7) is 0.545. The predicted molar refractivity (Wildman–Crippen MR) is 138 cm³/mol. The molecule has 1 atom stereocenters. The van der Waals surface area contributed by atoms with Crippen LogP contribution in [-0.2, 0) is 38.5 Å². The molecule has 0 heterocycles. The van der Waals surface area contributed by atoms with Crippen molar-refractivity contribution in [2.24, 2.45) is 11.5 Å². The van der Waals surface area contributed by atoms with Gasteiger partial charge in [0.1, 0.15) is 5.54 Å².